The van der Waals surface area contributed by atoms with E-state index < -0.39 is 40.2 Å². The number of benzene rings is 3. The summed E-state index contributed by atoms with van der Waals surface area (Å²) in [6, 6.07) is 13.0. The Hall–Kier alpha value is -4.52. The van der Waals surface area contributed by atoms with Gasteiger partial charge in [-0.05, 0) is 48.9 Å². The first kappa shape index (κ1) is 32.0. The minimum absolute atomic E-state index is 0.0225. The third-order valence-electron chi connectivity index (χ3n) is 6.56. The Bertz CT molecular complexity index is 1520. The molecule has 3 aromatic carbocycles. The van der Waals surface area contributed by atoms with Crippen molar-refractivity contribution in [1.82, 2.24) is 10.2 Å². The number of carbonyl (C=O) groups is 2. The lowest BCUT2D eigenvalue weighted by atomic mass is 10.1. The summed E-state index contributed by atoms with van der Waals surface area (Å²) >= 11 is 0. The summed E-state index contributed by atoms with van der Waals surface area (Å²) in [5, 5.41) is 2.51. The Morgan fingerprint density at radius 1 is 0.857 bits per heavy atom. The van der Waals surface area contributed by atoms with E-state index in [1.165, 1.54) is 102 Å². The van der Waals surface area contributed by atoms with Crippen LogP contribution >= 0.6 is 0 Å². The van der Waals surface area contributed by atoms with Crippen LogP contribution < -0.4 is 28.6 Å². The molecule has 13 heteroatoms. The normalized spacial score (nSPS) is 11.7. The van der Waals surface area contributed by atoms with Gasteiger partial charge >= 0.3 is 0 Å². The highest BCUT2D eigenvalue weighted by Gasteiger charge is 2.34. The van der Waals surface area contributed by atoms with Crippen molar-refractivity contribution in [2.45, 2.75) is 24.4 Å². The molecule has 1 atom stereocenters. The molecule has 0 aromatic heterocycles. The van der Waals surface area contributed by atoms with Gasteiger partial charge in [0, 0.05) is 25.7 Å². The first-order valence-corrected chi connectivity index (χ1v) is 14.2. The lowest BCUT2D eigenvalue weighted by Gasteiger charge is -2.32. The van der Waals surface area contributed by atoms with E-state index in [0.717, 1.165) is 4.31 Å². The number of likely N-dealkylation sites (N-methyl/N-ethyl adjacent to an activating group) is 1. The number of nitrogens with one attached hydrogen (secondary N) is 1. The zero-order valence-corrected chi connectivity index (χ0v) is 25.0. The molecule has 0 unspecified atom stereocenters. The topological polar surface area (TPSA) is 124 Å². The number of sulfonamides is 1. The van der Waals surface area contributed by atoms with Crippen molar-refractivity contribution < 1.29 is 41.3 Å². The summed E-state index contributed by atoms with van der Waals surface area (Å²) in [6.45, 7) is 0.704. The van der Waals surface area contributed by atoms with Gasteiger partial charge in [-0.1, -0.05) is 12.1 Å². The van der Waals surface area contributed by atoms with Crippen LogP contribution in [0.3, 0.4) is 0 Å². The quantitative estimate of drug-likeness (QED) is 0.316. The molecule has 0 radical (unpaired) electrons. The second-order valence-corrected chi connectivity index (χ2v) is 10.9. The molecule has 0 bridgehead atoms. The summed E-state index contributed by atoms with van der Waals surface area (Å²) in [4.78, 5) is 27.6. The zero-order chi connectivity index (χ0) is 31.0. The molecule has 1 N–H and O–H groups in total. The number of hydrogen-bond acceptors (Lipinski definition) is 8. The molecule has 11 nitrogen and oxygen atoms in total. The fourth-order valence-electron chi connectivity index (χ4n) is 4.19. The Morgan fingerprint density at radius 3 is 2.05 bits per heavy atom. The number of nitrogens with zero attached hydrogens (tertiary/aromatic N) is 2. The van der Waals surface area contributed by atoms with E-state index in [9.17, 15) is 22.4 Å². The third-order valence-corrected chi connectivity index (χ3v) is 8.31. The summed E-state index contributed by atoms with van der Waals surface area (Å²) in [5.74, 6) is -0.711. The molecule has 42 heavy (non-hydrogen) atoms. The van der Waals surface area contributed by atoms with Crippen molar-refractivity contribution in [2.24, 2.45) is 0 Å². The molecule has 0 aliphatic heterocycles. The van der Waals surface area contributed by atoms with Gasteiger partial charge in [0.2, 0.25) is 11.8 Å². The van der Waals surface area contributed by atoms with Gasteiger partial charge in [-0.15, -0.1) is 0 Å². The highest BCUT2D eigenvalue weighted by atomic mass is 32.2. The van der Waals surface area contributed by atoms with Crippen LogP contribution in [0.2, 0.25) is 0 Å². The van der Waals surface area contributed by atoms with Crippen LogP contribution in [0.15, 0.2) is 65.6 Å². The number of anilines is 1. The standard InChI is InChI=1S/C29H34FN3O8S/c1-19(29(35)31-2)32(17-20-7-9-21(30)10-8-20)28(34)18-33(24-15-22(38-3)11-13-25(24)39-4)42(36,37)23-12-14-26(40-5)27(16-23)41-6/h7-16,19H,17-18H2,1-6H3,(H,31,35)/t19-/m0/s1. The SMILES string of the molecule is CNC(=O)[C@H](C)N(Cc1ccc(F)cc1)C(=O)CN(c1cc(OC)ccc1OC)S(=O)(=O)c1ccc(OC)c(OC)c1. The van der Waals surface area contributed by atoms with Crippen molar-refractivity contribution in [1.29, 1.82) is 0 Å². The van der Waals surface area contributed by atoms with E-state index in [1.807, 2.05) is 0 Å². The average Bonchev–Trinajstić information content (AvgIpc) is 3.01. The monoisotopic (exact) mass is 603 g/mol. The highest BCUT2D eigenvalue weighted by Crippen LogP contribution is 2.37. The van der Waals surface area contributed by atoms with Gasteiger partial charge in [0.25, 0.3) is 10.0 Å². The smallest absolute Gasteiger partial charge is 0.265 e. The van der Waals surface area contributed by atoms with Crippen LogP contribution in [-0.2, 0) is 26.2 Å². The minimum atomic E-state index is -4.46. The molecule has 0 fully saturated rings. The molecule has 226 valence electrons. The van der Waals surface area contributed by atoms with Crippen molar-refractivity contribution in [2.75, 3.05) is 46.3 Å². The van der Waals surface area contributed by atoms with Gasteiger partial charge in [0.05, 0.1) is 39.0 Å². The van der Waals surface area contributed by atoms with Crippen LogP contribution in [-0.4, -0.2) is 73.2 Å². The average molecular weight is 604 g/mol. The molecule has 3 aromatic rings. The second-order valence-electron chi connectivity index (χ2n) is 9.00. The number of methoxy groups -OCH3 is 4. The predicted molar refractivity (Wildman–Crippen MR) is 154 cm³/mol. The van der Waals surface area contributed by atoms with Gasteiger partial charge in [0.1, 0.15) is 29.9 Å². The van der Waals surface area contributed by atoms with E-state index in [2.05, 4.69) is 5.32 Å². The molecule has 0 aliphatic rings. The predicted octanol–water partition coefficient (Wildman–Crippen LogP) is 3.22. The van der Waals surface area contributed by atoms with Crippen LogP contribution in [0.4, 0.5) is 10.1 Å². The number of rotatable bonds is 13. The molecular formula is C29H34FN3O8S. The number of hydrogen-bond donors (Lipinski definition) is 1. The van der Waals surface area contributed by atoms with E-state index in [0.29, 0.717) is 17.1 Å². The maximum absolute atomic E-state index is 14.2. The molecule has 0 saturated heterocycles. The Labute approximate surface area is 244 Å². The molecule has 0 spiro atoms. The molecular weight excluding hydrogens is 569 g/mol. The van der Waals surface area contributed by atoms with Crippen LogP contribution in [0.1, 0.15) is 12.5 Å². The maximum atomic E-state index is 14.2. The summed E-state index contributed by atoms with van der Waals surface area (Å²) in [7, 11) is 2.53. The first-order valence-electron chi connectivity index (χ1n) is 12.7. The van der Waals surface area contributed by atoms with E-state index >= 15 is 0 Å². The Morgan fingerprint density at radius 2 is 1.48 bits per heavy atom. The number of halogens is 1. The minimum Gasteiger partial charge on any atom is -0.497 e. The fourth-order valence-corrected chi connectivity index (χ4v) is 5.62. The van der Waals surface area contributed by atoms with Gasteiger partial charge in [-0.2, -0.15) is 0 Å². The molecule has 3 rings (SSSR count). The number of carbonyl (C=O) groups excluding carboxylic acids is 2. The van der Waals surface area contributed by atoms with Crippen LogP contribution in [0, 0.1) is 5.82 Å². The Kier molecular flexibility index (Phi) is 10.6. The van der Waals surface area contributed by atoms with E-state index in [-0.39, 0.29) is 28.6 Å². The molecule has 0 aliphatic carbocycles. The lowest BCUT2D eigenvalue weighted by molar-refractivity contribution is -0.139. The van der Waals surface area contributed by atoms with Gasteiger partial charge in [-0.3, -0.25) is 13.9 Å². The Balaban J connectivity index is 2.17. The summed E-state index contributed by atoms with van der Waals surface area (Å²) in [5.41, 5.74) is 0.558. The second kappa shape index (κ2) is 13.9. The molecule has 0 saturated carbocycles. The zero-order valence-electron chi connectivity index (χ0n) is 24.2. The third kappa shape index (κ3) is 7.03. The van der Waals surface area contributed by atoms with E-state index in [1.54, 1.807) is 6.07 Å². The van der Waals surface area contributed by atoms with Gasteiger partial charge < -0.3 is 29.2 Å². The van der Waals surface area contributed by atoms with Gasteiger partial charge in [-0.25, -0.2) is 12.8 Å². The molecule has 0 heterocycles. The van der Waals surface area contributed by atoms with Crippen molar-refractivity contribution >= 4 is 27.5 Å². The number of amides is 2. The largest absolute Gasteiger partial charge is 0.497 e. The van der Waals surface area contributed by atoms with Crippen molar-refractivity contribution in [3.8, 4) is 23.0 Å². The maximum Gasteiger partial charge on any atom is 0.265 e. The van der Waals surface area contributed by atoms with Crippen molar-refractivity contribution in [3.05, 3.63) is 72.0 Å². The summed E-state index contributed by atoms with van der Waals surface area (Å²) in [6.07, 6.45) is 0. The lowest BCUT2D eigenvalue weighted by Crippen LogP contribution is -2.50. The fraction of sp³-hybridized carbons (Fsp3) is 0.310. The van der Waals surface area contributed by atoms with Crippen LogP contribution in [0.5, 0.6) is 23.0 Å². The highest BCUT2D eigenvalue weighted by molar-refractivity contribution is 7.92. The molecule has 2 amide bonds. The number of ether oxygens (including phenoxy) is 4. The van der Waals surface area contributed by atoms with Gasteiger partial charge in [0.15, 0.2) is 11.5 Å². The van der Waals surface area contributed by atoms with Crippen molar-refractivity contribution in [3.63, 3.8) is 0 Å². The summed E-state index contributed by atoms with van der Waals surface area (Å²) < 4.78 is 64.2. The first-order chi connectivity index (χ1) is 20.0. The van der Waals surface area contributed by atoms with E-state index in [4.69, 9.17) is 18.9 Å². The van der Waals surface area contributed by atoms with Crippen LogP contribution in [0.25, 0.3) is 0 Å².